The minimum absolute atomic E-state index is 0.0870. The summed E-state index contributed by atoms with van der Waals surface area (Å²) in [6, 6.07) is 40.9. The summed E-state index contributed by atoms with van der Waals surface area (Å²) in [6.45, 7) is 1.81. The van der Waals surface area contributed by atoms with Gasteiger partial charge in [-0.2, -0.15) is 0 Å². The minimum Gasteiger partial charge on any atom is -0.495 e. The van der Waals surface area contributed by atoms with Gasteiger partial charge in [0.05, 0.1) is 18.0 Å². The van der Waals surface area contributed by atoms with Crippen LogP contribution in [0.1, 0.15) is 22.8 Å². The fraction of sp³-hybridized carbons (Fsp3) is 0.0789. The summed E-state index contributed by atoms with van der Waals surface area (Å²) in [6.07, 6.45) is 1.65. The Morgan fingerprint density at radius 1 is 0.717 bits per heavy atom. The lowest BCUT2D eigenvalue weighted by molar-refractivity contribution is -0.115. The Hall–Kier alpha value is -5.60. The highest BCUT2D eigenvalue weighted by atomic mass is 32.2. The van der Waals surface area contributed by atoms with Crippen molar-refractivity contribution in [2.24, 2.45) is 0 Å². The van der Waals surface area contributed by atoms with Gasteiger partial charge in [-0.05, 0) is 72.2 Å². The number of methoxy groups -OCH3 is 1. The van der Waals surface area contributed by atoms with Gasteiger partial charge in [-0.3, -0.25) is 14.4 Å². The maximum Gasteiger partial charge on any atom is 0.272 e. The summed E-state index contributed by atoms with van der Waals surface area (Å²) in [5, 5.41) is 8.16. The lowest BCUT2D eigenvalue weighted by atomic mass is 10.0. The molecule has 0 aromatic heterocycles. The zero-order valence-corrected chi connectivity index (χ0v) is 26.2. The Kier molecular flexibility index (Phi) is 10.7. The van der Waals surface area contributed by atoms with Crippen LogP contribution in [0.3, 0.4) is 0 Å². The number of para-hydroxylation sites is 2. The molecule has 0 aliphatic carbocycles. The van der Waals surface area contributed by atoms with Crippen LogP contribution in [0.15, 0.2) is 144 Å². The predicted molar refractivity (Wildman–Crippen MR) is 186 cm³/mol. The highest BCUT2D eigenvalue weighted by molar-refractivity contribution is 8.00. The second-order valence-corrected chi connectivity index (χ2v) is 11.7. The van der Waals surface area contributed by atoms with E-state index >= 15 is 0 Å². The van der Waals surface area contributed by atoms with Gasteiger partial charge in [0.2, 0.25) is 5.91 Å². The first-order valence-corrected chi connectivity index (χ1v) is 15.5. The third kappa shape index (κ3) is 8.52. The maximum atomic E-state index is 13.6. The first-order chi connectivity index (χ1) is 22.4. The van der Waals surface area contributed by atoms with E-state index < -0.39 is 17.1 Å². The first-order valence-electron chi connectivity index (χ1n) is 14.6. The number of hydrogen-bond acceptors (Lipinski definition) is 5. The predicted octanol–water partition coefficient (Wildman–Crippen LogP) is 7.89. The van der Waals surface area contributed by atoms with E-state index in [0.717, 1.165) is 21.6 Å². The molecule has 1 atom stereocenters. The molecule has 3 N–H and O–H groups in total. The maximum absolute atomic E-state index is 13.6. The van der Waals surface area contributed by atoms with Gasteiger partial charge in [-0.25, -0.2) is 0 Å². The lowest BCUT2D eigenvalue weighted by Gasteiger charge is -2.15. The van der Waals surface area contributed by atoms with Gasteiger partial charge in [0, 0.05) is 16.1 Å². The number of hydrogen-bond donors (Lipinski definition) is 3. The minimum atomic E-state index is -0.486. The van der Waals surface area contributed by atoms with Gasteiger partial charge in [-0.15, -0.1) is 11.8 Å². The Balaban J connectivity index is 1.32. The van der Waals surface area contributed by atoms with Crippen molar-refractivity contribution in [3.05, 3.63) is 150 Å². The molecule has 0 bridgehead atoms. The molecule has 0 aliphatic rings. The number of carbonyl (C=O) groups excluding carboxylic acids is 3. The molecule has 46 heavy (non-hydrogen) atoms. The number of amides is 3. The summed E-state index contributed by atoms with van der Waals surface area (Å²) in [7, 11) is 1.55. The molecule has 3 amide bonds. The second kappa shape index (κ2) is 15.4. The number of benzene rings is 5. The Morgan fingerprint density at radius 2 is 1.37 bits per heavy atom. The van der Waals surface area contributed by atoms with Gasteiger partial charge in [-0.1, -0.05) is 91.0 Å². The quantitative estimate of drug-likeness (QED) is 0.102. The average Bonchev–Trinajstić information content (AvgIpc) is 3.09. The number of rotatable bonds is 11. The molecule has 0 radical (unpaired) electrons. The largest absolute Gasteiger partial charge is 0.495 e. The summed E-state index contributed by atoms with van der Waals surface area (Å²) >= 11 is 1.36. The van der Waals surface area contributed by atoms with Crippen LogP contribution in [-0.4, -0.2) is 30.1 Å². The zero-order valence-electron chi connectivity index (χ0n) is 25.4. The van der Waals surface area contributed by atoms with E-state index in [1.807, 2.05) is 85.8 Å². The molecule has 1 unspecified atom stereocenters. The van der Waals surface area contributed by atoms with E-state index in [-0.39, 0.29) is 11.6 Å². The van der Waals surface area contributed by atoms with E-state index in [4.69, 9.17) is 4.74 Å². The summed E-state index contributed by atoms with van der Waals surface area (Å²) in [5.41, 5.74) is 4.50. The van der Waals surface area contributed by atoms with Gasteiger partial charge in [0.15, 0.2) is 0 Å². The number of carbonyl (C=O) groups is 3. The summed E-state index contributed by atoms with van der Waals surface area (Å²) in [5.74, 6) is -0.494. The van der Waals surface area contributed by atoms with Crippen LogP contribution < -0.4 is 20.7 Å². The van der Waals surface area contributed by atoms with Crippen LogP contribution in [0.5, 0.6) is 5.75 Å². The molecule has 7 nitrogen and oxygen atoms in total. The van der Waals surface area contributed by atoms with Gasteiger partial charge in [0.1, 0.15) is 11.4 Å². The molecule has 0 heterocycles. The van der Waals surface area contributed by atoms with Crippen LogP contribution in [0, 0.1) is 0 Å². The normalized spacial score (nSPS) is 11.7. The Bertz CT molecular complexity index is 1840. The number of anilines is 2. The van der Waals surface area contributed by atoms with Crippen LogP contribution >= 0.6 is 11.8 Å². The van der Waals surface area contributed by atoms with Crippen molar-refractivity contribution in [2.75, 3.05) is 17.7 Å². The molecule has 5 aromatic carbocycles. The fourth-order valence-electron chi connectivity index (χ4n) is 4.60. The van der Waals surface area contributed by atoms with Crippen molar-refractivity contribution in [3.63, 3.8) is 0 Å². The summed E-state index contributed by atoms with van der Waals surface area (Å²) in [4.78, 5) is 40.4. The molecule has 0 saturated carbocycles. The van der Waals surface area contributed by atoms with Crippen molar-refractivity contribution < 1.29 is 19.1 Å². The zero-order chi connectivity index (χ0) is 32.3. The highest BCUT2D eigenvalue weighted by Gasteiger charge is 2.18. The molecule has 0 saturated heterocycles. The van der Waals surface area contributed by atoms with E-state index in [2.05, 4.69) is 16.0 Å². The van der Waals surface area contributed by atoms with Crippen LogP contribution in [-0.2, 0) is 9.59 Å². The highest BCUT2D eigenvalue weighted by Crippen LogP contribution is 2.29. The van der Waals surface area contributed by atoms with E-state index in [0.29, 0.717) is 22.7 Å². The van der Waals surface area contributed by atoms with Crippen molar-refractivity contribution in [1.29, 1.82) is 0 Å². The van der Waals surface area contributed by atoms with Crippen molar-refractivity contribution in [3.8, 4) is 16.9 Å². The van der Waals surface area contributed by atoms with E-state index in [1.165, 1.54) is 11.8 Å². The summed E-state index contributed by atoms with van der Waals surface area (Å²) < 4.78 is 5.33. The Labute approximate surface area is 272 Å². The second-order valence-electron chi connectivity index (χ2n) is 10.3. The molecule has 0 aliphatic heterocycles. The molecule has 8 heteroatoms. The van der Waals surface area contributed by atoms with Crippen LogP contribution in [0.2, 0.25) is 0 Å². The standard InChI is InChI=1S/C38H33N3O4S/c1-26(36(42)40-33-18-9-10-19-35(33)45-2)46-32-17-11-16-31(25-32)39-38(44)34(41-37(43)30-14-7-4-8-15-30)24-27-20-22-29(23-21-27)28-12-5-3-6-13-28/h3-26H,1-2H3,(H,39,44)(H,40,42)(H,41,43)/b34-24+. The first kappa shape index (κ1) is 31.8. The van der Waals surface area contributed by atoms with E-state index in [1.54, 1.807) is 67.8 Å². The van der Waals surface area contributed by atoms with E-state index in [9.17, 15) is 14.4 Å². The molecule has 230 valence electrons. The Morgan fingerprint density at radius 3 is 2.09 bits per heavy atom. The lowest BCUT2D eigenvalue weighted by Crippen LogP contribution is -2.30. The van der Waals surface area contributed by atoms with Gasteiger partial charge in [0.25, 0.3) is 11.8 Å². The van der Waals surface area contributed by atoms with Crippen LogP contribution in [0.25, 0.3) is 17.2 Å². The molecular formula is C38H33N3O4S. The fourth-order valence-corrected chi connectivity index (χ4v) is 5.52. The molecular weight excluding hydrogens is 595 g/mol. The third-order valence-electron chi connectivity index (χ3n) is 7.00. The van der Waals surface area contributed by atoms with Gasteiger partial charge < -0.3 is 20.7 Å². The van der Waals surface area contributed by atoms with Crippen LogP contribution in [0.4, 0.5) is 11.4 Å². The smallest absolute Gasteiger partial charge is 0.272 e. The molecule has 5 rings (SSSR count). The average molecular weight is 628 g/mol. The topological polar surface area (TPSA) is 96.5 Å². The monoisotopic (exact) mass is 627 g/mol. The molecule has 0 spiro atoms. The van der Waals surface area contributed by atoms with Crippen molar-refractivity contribution in [1.82, 2.24) is 5.32 Å². The van der Waals surface area contributed by atoms with Crippen molar-refractivity contribution in [2.45, 2.75) is 17.1 Å². The molecule has 5 aromatic rings. The molecule has 0 fully saturated rings. The SMILES string of the molecule is COc1ccccc1NC(=O)C(C)Sc1cccc(NC(=O)/C(=C\c2ccc(-c3ccccc3)cc2)NC(=O)c2ccccc2)c1. The van der Waals surface area contributed by atoms with Crippen molar-refractivity contribution >= 4 is 46.9 Å². The number of nitrogens with one attached hydrogen (secondary N) is 3. The third-order valence-corrected chi connectivity index (χ3v) is 8.09. The number of ether oxygens (including phenoxy) is 1. The van der Waals surface area contributed by atoms with Gasteiger partial charge >= 0.3 is 0 Å². The number of thioether (sulfide) groups is 1.